The van der Waals surface area contributed by atoms with Gasteiger partial charge >= 0.3 is 5.97 Å². The molecule has 2 saturated heterocycles. The number of carboxylic acid groups (broad SMARTS) is 1. The third-order valence-electron chi connectivity index (χ3n) is 4.54. The fourth-order valence-electron chi connectivity index (χ4n) is 3.18. The monoisotopic (exact) mass is 333 g/mol. The van der Waals surface area contributed by atoms with E-state index in [1.165, 1.54) is 19.3 Å². The van der Waals surface area contributed by atoms with Crippen LogP contribution < -0.4 is 0 Å². The number of aliphatic hydroxyl groups excluding tert-OH is 4. The van der Waals surface area contributed by atoms with Gasteiger partial charge in [0.05, 0.1) is 18.2 Å². The minimum atomic E-state index is -1.13. The highest BCUT2D eigenvalue weighted by Crippen LogP contribution is 2.27. The highest BCUT2D eigenvalue weighted by molar-refractivity contribution is 5.66. The number of hydrogen-bond donors (Lipinski definition) is 5. The summed E-state index contributed by atoms with van der Waals surface area (Å²) in [5, 5.41) is 46.1. The maximum absolute atomic E-state index is 10.0. The summed E-state index contributed by atoms with van der Waals surface area (Å²) in [5.74, 6) is -0.670. The summed E-state index contributed by atoms with van der Waals surface area (Å²) in [5.41, 5.74) is 0. The summed E-state index contributed by atoms with van der Waals surface area (Å²) in [6.45, 7) is 3.16. The second-order valence-corrected chi connectivity index (χ2v) is 6.45. The van der Waals surface area contributed by atoms with E-state index in [0.717, 1.165) is 12.8 Å². The number of hydrogen-bond acceptors (Lipinski definition) is 6. The van der Waals surface area contributed by atoms with Crippen molar-refractivity contribution in [2.45, 2.75) is 82.3 Å². The number of carboxylic acids is 1. The fourth-order valence-corrected chi connectivity index (χ4v) is 3.18. The third-order valence-corrected chi connectivity index (χ3v) is 4.54. The molecule has 0 saturated carbocycles. The molecule has 5 N–H and O–H groups in total. The Morgan fingerprint density at radius 2 is 1.65 bits per heavy atom. The summed E-state index contributed by atoms with van der Waals surface area (Å²) in [4.78, 5) is 11.9. The Kier molecular flexibility index (Phi) is 9.01. The first-order valence-corrected chi connectivity index (χ1v) is 8.56. The number of piperidine rings is 1. The van der Waals surface area contributed by atoms with Crippen molar-refractivity contribution in [1.82, 2.24) is 4.90 Å². The standard InChI is InChI=1S/C8H15NO4.C8H16O2/c10-4-1-2-9-3-5(11)7(12)8(13)6(4)9;1-2-3-4-5-6-7-8(9)10/h4-8,10-13H,1-3H2;2-7H2,1H3,(H,9,10)/t4-,5-,6+,7+,8+;/m0./s1. The van der Waals surface area contributed by atoms with E-state index in [0.29, 0.717) is 25.9 Å². The second-order valence-electron chi connectivity index (χ2n) is 6.45. The Morgan fingerprint density at radius 3 is 2.26 bits per heavy atom. The maximum Gasteiger partial charge on any atom is 0.303 e. The zero-order chi connectivity index (χ0) is 17.4. The predicted molar refractivity (Wildman–Crippen MR) is 85.0 cm³/mol. The second kappa shape index (κ2) is 10.2. The Hall–Kier alpha value is -0.730. The lowest BCUT2D eigenvalue weighted by Gasteiger charge is -2.40. The average Bonchev–Trinajstić information content (AvgIpc) is 2.86. The molecule has 2 fully saturated rings. The van der Waals surface area contributed by atoms with E-state index in [4.69, 9.17) is 5.11 Å². The van der Waals surface area contributed by atoms with Gasteiger partial charge in [-0.15, -0.1) is 0 Å². The van der Waals surface area contributed by atoms with Crippen molar-refractivity contribution >= 4 is 5.97 Å². The molecular formula is C16H31NO6. The molecule has 2 aliphatic heterocycles. The Balaban J connectivity index is 0.000000241. The van der Waals surface area contributed by atoms with E-state index in [1.54, 1.807) is 0 Å². The molecule has 7 nitrogen and oxygen atoms in total. The zero-order valence-corrected chi connectivity index (χ0v) is 13.8. The maximum atomic E-state index is 10.0. The van der Waals surface area contributed by atoms with Crippen LogP contribution in [0.4, 0.5) is 0 Å². The number of nitrogens with zero attached hydrogens (tertiary/aromatic N) is 1. The van der Waals surface area contributed by atoms with Crippen LogP contribution in [0.3, 0.4) is 0 Å². The first-order valence-electron chi connectivity index (χ1n) is 8.56. The van der Waals surface area contributed by atoms with Gasteiger partial charge < -0.3 is 25.5 Å². The molecule has 23 heavy (non-hydrogen) atoms. The molecule has 0 aliphatic carbocycles. The van der Waals surface area contributed by atoms with Crippen LogP contribution in [0.2, 0.25) is 0 Å². The van der Waals surface area contributed by atoms with E-state index >= 15 is 0 Å². The van der Waals surface area contributed by atoms with Gasteiger partial charge in [0.15, 0.2) is 0 Å². The van der Waals surface area contributed by atoms with Gasteiger partial charge in [0.2, 0.25) is 0 Å². The van der Waals surface area contributed by atoms with E-state index in [9.17, 15) is 25.2 Å². The number of aliphatic carboxylic acids is 1. The molecule has 2 rings (SSSR count). The van der Waals surface area contributed by atoms with Crippen molar-refractivity contribution < 1.29 is 30.3 Å². The van der Waals surface area contributed by atoms with Crippen LogP contribution in [0.5, 0.6) is 0 Å². The van der Waals surface area contributed by atoms with Crippen molar-refractivity contribution in [3.8, 4) is 0 Å². The van der Waals surface area contributed by atoms with Crippen molar-refractivity contribution in [2.75, 3.05) is 13.1 Å². The molecule has 0 radical (unpaired) electrons. The SMILES string of the molecule is CCCCCCCC(=O)O.O[C@H]1[C@H](O)[C@@H](O)CN2CC[C@H](O)[C@H]12. The van der Waals surface area contributed by atoms with Crippen LogP contribution in [0.1, 0.15) is 51.9 Å². The molecule has 5 atom stereocenters. The van der Waals surface area contributed by atoms with Gasteiger partial charge in [-0.05, 0) is 12.8 Å². The number of carbonyl (C=O) groups is 1. The van der Waals surface area contributed by atoms with Gasteiger partial charge in [-0.1, -0.05) is 32.6 Å². The molecule has 2 heterocycles. The van der Waals surface area contributed by atoms with Crippen LogP contribution in [-0.2, 0) is 4.79 Å². The molecule has 7 heteroatoms. The van der Waals surface area contributed by atoms with Gasteiger partial charge in [0.1, 0.15) is 12.2 Å². The van der Waals surface area contributed by atoms with Gasteiger partial charge in [-0.25, -0.2) is 0 Å². The molecule has 0 bridgehead atoms. The molecule has 0 aromatic rings. The molecule has 0 aromatic heterocycles. The molecule has 0 amide bonds. The first kappa shape index (κ1) is 20.3. The van der Waals surface area contributed by atoms with Gasteiger partial charge in [0.25, 0.3) is 0 Å². The van der Waals surface area contributed by atoms with Crippen molar-refractivity contribution in [1.29, 1.82) is 0 Å². The number of unbranched alkanes of at least 4 members (excludes halogenated alkanes) is 4. The summed E-state index contributed by atoms with van der Waals surface area (Å²) in [6.07, 6.45) is 2.82. The lowest BCUT2D eigenvalue weighted by Crippen LogP contribution is -2.61. The Bertz CT molecular complexity index is 353. The van der Waals surface area contributed by atoms with Crippen molar-refractivity contribution in [3.05, 3.63) is 0 Å². The number of rotatable bonds is 6. The summed E-state index contributed by atoms with van der Waals surface area (Å²) in [7, 11) is 0. The molecule has 136 valence electrons. The Labute approximate surface area is 137 Å². The number of fused-ring (bicyclic) bond motifs is 1. The lowest BCUT2D eigenvalue weighted by atomic mass is 9.93. The largest absolute Gasteiger partial charge is 0.481 e. The minimum absolute atomic E-state index is 0.333. The van der Waals surface area contributed by atoms with Crippen LogP contribution >= 0.6 is 0 Å². The van der Waals surface area contributed by atoms with Gasteiger partial charge in [-0.3, -0.25) is 9.69 Å². The summed E-state index contributed by atoms with van der Waals surface area (Å²) < 4.78 is 0. The van der Waals surface area contributed by atoms with Crippen molar-refractivity contribution in [2.24, 2.45) is 0 Å². The smallest absolute Gasteiger partial charge is 0.303 e. The minimum Gasteiger partial charge on any atom is -0.481 e. The van der Waals surface area contributed by atoms with Gasteiger partial charge in [-0.2, -0.15) is 0 Å². The molecule has 0 spiro atoms. The summed E-state index contributed by atoms with van der Waals surface area (Å²) in [6, 6.07) is -0.404. The number of aliphatic hydroxyl groups is 4. The quantitative estimate of drug-likeness (QED) is 0.432. The van der Waals surface area contributed by atoms with E-state index in [2.05, 4.69) is 6.92 Å². The van der Waals surface area contributed by atoms with E-state index in [1.807, 2.05) is 4.90 Å². The highest BCUT2D eigenvalue weighted by atomic mass is 16.4. The van der Waals surface area contributed by atoms with Crippen LogP contribution in [0, 0.1) is 0 Å². The Morgan fingerprint density at radius 1 is 1.00 bits per heavy atom. The molecular weight excluding hydrogens is 302 g/mol. The fraction of sp³-hybridized carbons (Fsp3) is 0.938. The summed E-state index contributed by atoms with van der Waals surface area (Å²) >= 11 is 0. The normalized spacial score (nSPS) is 33.7. The van der Waals surface area contributed by atoms with Crippen molar-refractivity contribution in [3.63, 3.8) is 0 Å². The van der Waals surface area contributed by atoms with Gasteiger partial charge in [0, 0.05) is 19.5 Å². The third kappa shape index (κ3) is 6.35. The van der Waals surface area contributed by atoms with Crippen LogP contribution in [-0.4, -0.2) is 79.9 Å². The zero-order valence-electron chi connectivity index (χ0n) is 13.8. The highest BCUT2D eigenvalue weighted by Gasteiger charge is 2.47. The van der Waals surface area contributed by atoms with Crippen LogP contribution in [0.25, 0.3) is 0 Å². The van der Waals surface area contributed by atoms with E-state index in [-0.39, 0.29) is 0 Å². The van der Waals surface area contributed by atoms with Crippen LogP contribution in [0.15, 0.2) is 0 Å². The predicted octanol–water partition coefficient (Wildman–Crippen LogP) is -0.0506. The molecule has 2 aliphatic rings. The molecule has 0 unspecified atom stereocenters. The first-order chi connectivity index (χ1) is 10.9. The van der Waals surface area contributed by atoms with E-state index < -0.39 is 36.4 Å². The topological polar surface area (TPSA) is 121 Å². The average molecular weight is 333 g/mol. The molecule has 0 aromatic carbocycles. The lowest BCUT2D eigenvalue weighted by molar-refractivity contribution is -0.140.